The molecule has 3 aliphatic rings. The van der Waals surface area contributed by atoms with Gasteiger partial charge in [-0.3, -0.25) is 9.69 Å². The summed E-state index contributed by atoms with van der Waals surface area (Å²) >= 11 is 6.79. The van der Waals surface area contributed by atoms with Crippen LogP contribution in [0.1, 0.15) is 32.1 Å². The molecule has 2 unspecified atom stereocenters. The van der Waals surface area contributed by atoms with Gasteiger partial charge in [0.2, 0.25) is 5.72 Å². The third-order valence-corrected chi connectivity index (χ3v) is 8.01. The second-order valence-corrected chi connectivity index (χ2v) is 11.0. The number of amides is 3. The number of rotatable bonds is 6. The summed E-state index contributed by atoms with van der Waals surface area (Å²) in [5.41, 5.74) is -1.24. The van der Waals surface area contributed by atoms with E-state index in [-0.39, 0.29) is 0 Å². The number of urea groups is 1. The maximum Gasteiger partial charge on any atom is 0.338 e. The van der Waals surface area contributed by atoms with Crippen LogP contribution in [0.15, 0.2) is 81.5 Å². The lowest BCUT2D eigenvalue weighted by Gasteiger charge is -2.36. The Morgan fingerprint density at radius 3 is 2.11 bits per heavy atom. The second kappa shape index (κ2) is 9.91. The highest BCUT2D eigenvalue weighted by Crippen LogP contribution is 2.42. The van der Waals surface area contributed by atoms with E-state index < -0.39 is 23.6 Å². The zero-order valence-electron chi connectivity index (χ0n) is 19.1. The molecule has 3 amide bonds. The van der Waals surface area contributed by atoms with Crippen molar-refractivity contribution < 1.29 is 19.4 Å². The molecule has 1 saturated heterocycles. The van der Waals surface area contributed by atoms with Crippen LogP contribution in [-0.4, -0.2) is 29.4 Å². The van der Waals surface area contributed by atoms with Crippen LogP contribution in [-0.2, 0) is 9.53 Å². The molecule has 5 rings (SSSR count). The summed E-state index contributed by atoms with van der Waals surface area (Å²) in [6.07, 6.45) is 10.8. The van der Waals surface area contributed by atoms with E-state index in [9.17, 15) is 14.7 Å². The van der Waals surface area contributed by atoms with Crippen LogP contribution >= 0.6 is 31.9 Å². The van der Waals surface area contributed by atoms with Crippen molar-refractivity contribution in [2.75, 3.05) is 16.4 Å². The van der Waals surface area contributed by atoms with Crippen molar-refractivity contribution in [2.24, 2.45) is 11.8 Å². The first kappa shape index (κ1) is 24.3. The molecule has 8 heteroatoms. The van der Waals surface area contributed by atoms with Crippen molar-refractivity contribution in [1.29, 1.82) is 0 Å². The predicted octanol–water partition coefficient (Wildman–Crippen LogP) is 6.54. The first-order chi connectivity index (χ1) is 16.9. The molecule has 0 radical (unpaired) electrons. The number of hydrogen-bond donors (Lipinski definition) is 1. The highest BCUT2D eigenvalue weighted by Gasteiger charge is 2.61. The average Bonchev–Trinajstić information content (AvgIpc) is 3.45. The lowest BCUT2D eigenvalue weighted by atomic mass is 9.87. The van der Waals surface area contributed by atoms with Crippen LogP contribution in [0.5, 0.6) is 0 Å². The maximum atomic E-state index is 13.8. The van der Waals surface area contributed by atoms with Gasteiger partial charge in [-0.1, -0.05) is 50.8 Å². The molecule has 2 aromatic rings. The number of benzene rings is 2. The quantitative estimate of drug-likeness (QED) is 0.382. The number of carbonyl (C=O) groups excluding carboxylic acids is 2. The van der Waals surface area contributed by atoms with Gasteiger partial charge in [0, 0.05) is 20.6 Å². The zero-order valence-corrected chi connectivity index (χ0v) is 22.2. The fourth-order valence-electron chi connectivity index (χ4n) is 5.03. The smallest absolute Gasteiger partial charge is 0.338 e. The van der Waals surface area contributed by atoms with Crippen molar-refractivity contribution in [3.8, 4) is 0 Å². The van der Waals surface area contributed by atoms with Gasteiger partial charge in [-0.15, -0.1) is 0 Å². The Kier molecular flexibility index (Phi) is 6.88. The number of nitrogens with zero attached hydrogens (tertiary/aromatic N) is 2. The first-order valence-electron chi connectivity index (χ1n) is 11.8. The van der Waals surface area contributed by atoms with Crippen LogP contribution < -0.4 is 9.80 Å². The van der Waals surface area contributed by atoms with Gasteiger partial charge in [-0.05, 0) is 85.9 Å². The third-order valence-electron chi connectivity index (χ3n) is 6.95. The number of hydrogen-bond acceptors (Lipinski definition) is 4. The third kappa shape index (κ3) is 4.59. The Labute approximate surface area is 221 Å². The number of carbonyl (C=O) groups is 2. The number of halogens is 2. The van der Waals surface area contributed by atoms with Crippen LogP contribution in [0.25, 0.3) is 0 Å². The van der Waals surface area contributed by atoms with Crippen molar-refractivity contribution in [3.63, 3.8) is 0 Å². The molecule has 182 valence electrons. The van der Waals surface area contributed by atoms with E-state index in [0.29, 0.717) is 30.3 Å². The molecule has 2 aromatic carbocycles. The Morgan fingerprint density at radius 1 is 0.943 bits per heavy atom. The monoisotopic (exact) mass is 600 g/mol. The predicted molar refractivity (Wildman–Crippen MR) is 142 cm³/mol. The van der Waals surface area contributed by atoms with Crippen molar-refractivity contribution in [1.82, 2.24) is 0 Å². The van der Waals surface area contributed by atoms with E-state index in [0.717, 1.165) is 19.6 Å². The van der Waals surface area contributed by atoms with Gasteiger partial charge < -0.3 is 9.84 Å². The minimum atomic E-state index is -2.08. The van der Waals surface area contributed by atoms with Crippen molar-refractivity contribution in [2.45, 2.75) is 37.8 Å². The minimum absolute atomic E-state index is 0.368. The van der Waals surface area contributed by atoms with E-state index in [4.69, 9.17) is 4.74 Å². The Morgan fingerprint density at radius 2 is 1.54 bits per heavy atom. The summed E-state index contributed by atoms with van der Waals surface area (Å²) in [6, 6.07) is 13.3. The lowest BCUT2D eigenvalue weighted by molar-refractivity contribution is -0.136. The van der Waals surface area contributed by atoms with Crippen LogP contribution in [0.4, 0.5) is 16.2 Å². The van der Waals surface area contributed by atoms with Crippen LogP contribution in [0, 0.1) is 11.8 Å². The van der Waals surface area contributed by atoms with Gasteiger partial charge in [-0.2, -0.15) is 0 Å². The maximum absolute atomic E-state index is 13.8. The molecule has 1 heterocycles. The Bertz CT molecular complexity index is 1170. The Hall–Kier alpha value is -2.42. The average molecular weight is 602 g/mol. The van der Waals surface area contributed by atoms with E-state index in [1.165, 1.54) is 30.6 Å². The van der Waals surface area contributed by atoms with Gasteiger partial charge in [-0.25, -0.2) is 9.69 Å². The van der Waals surface area contributed by atoms with Crippen molar-refractivity contribution >= 4 is 55.2 Å². The second-order valence-electron chi connectivity index (χ2n) is 9.21. The van der Waals surface area contributed by atoms with Crippen LogP contribution in [0.3, 0.4) is 0 Å². The Balaban J connectivity index is 1.45. The molecular formula is C27H26Br2N2O4. The molecule has 2 fully saturated rings. The SMILES string of the molecule is O=C1N(c2ccc(Br)cc2)C(=O)C(O)(C2C=CC(OCC3CCCC3)=CC2)N1c1ccc(Br)cc1. The summed E-state index contributed by atoms with van der Waals surface area (Å²) in [6.45, 7) is 0.685. The zero-order chi connectivity index (χ0) is 24.6. The minimum Gasteiger partial charge on any atom is -0.494 e. The first-order valence-corrected chi connectivity index (χ1v) is 13.4. The van der Waals surface area contributed by atoms with E-state index in [2.05, 4.69) is 31.9 Å². The topological polar surface area (TPSA) is 70.1 Å². The fourth-order valence-corrected chi connectivity index (χ4v) is 5.56. The molecule has 2 atom stereocenters. The number of ether oxygens (including phenoxy) is 1. The van der Waals surface area contributed by atoms with E-state index in [1.54, 1.807) is 60.7 Å². The van der Waals surface area contributed by atoms with Gasteiger partial charge in [0.15, 0.2) is 0 Å². The molecule has 1 N–H and O–H groups in total. The molecule has 1 saturated carbocycles. The number of allylic oxidation sites excluding steroid dienone is 2. The molecule has 6 nitrogen and oxygen atoms in total. The summed E-state index contributed by atoms with van der Waals surface area (Å²) in [4.78, 5) is 29.7. The lowest BCUT2D eigenvalue weighted by Crippen LogP contribution is -2.55. The summed E-state index contributed by atoms with van der Waals surface area (Å²) < 4.78 is 7.65. The van der Waals surface area contributed by atoms with Gasteiger partial charge in [0.1, 0.15) is 5.76 Å². The molecule has 0 aromatic heterocycles. The molecule has 0 bridgehead atoms. The molecule has 35 heavy (non-hydrogen) atoms. The molecule has 1 aliphatic heterocycles. The molecule has 0 spiro atoms. The van der Waals surface area contributed by atoms with E-state index >= 15 is 0 Å². The number of anilines is 2. The largest absolute Gasteiger partial charge is 0.494 e. The summed E-state index contributed by atoms with van der Waals surface area (Å²) in [5, 5.41) is 12.0. The van der Waals surface area contributed by atoms with Gasteiger partial charge >= 0.3 is 6.03 Å². The van der Waals surface area contributed by atoms with E-state index in [1.807, 2.05) is 6.08 Å². The van der Waals surface area contributed by atoms with Crippen LogP contribution in [0.2, 0.25) is 0 Å². The highest BCUT2D eigenvalue weighted by atomic mass is 79.9. The summed E-state index contributed by atoms with van der Waals surface area (Å²) in [7, 11) is 0. The fraction of sp³-hybridized carbons (Fsp3) is 0.333. The van der Waals surface area contributed by atoms with Gasteiger partial charge in [0.25, 0.3) is 5.91 Å². The van der Waals surface area contributed by atoms with Gasteiger partial charge in [0.05, 0.1) is 12.3 Å². The molecule has 2 aliphatic carbocycles. The standard InChI is InChI=1S/C27H26Br2N2O4/c28-20-7-11-22(12-8-20)30-25(32)27(34,31(26(30)33)23-13-9-21(29)10-14-23)19-5-15-24(16-6-19)35-17-18-3-1-2-4-18/h5,7-16,18-19,34H,1-4,6,17H2. The number of imide groups is 1. The normalized spacial score (nSPS) is 24.9. The van der Waals surface area contributed by atoms with Crippen molar-refractivity contribution in [3.05, 3.63) is 81.5 Å². The number of aliphatic hydroxyl groups is 1. The highest BCUT2D eigenvalue weighted by molar-refractivity contribution is 9.10. The summed E-state index contributed by atoms with van der Waals surface area (Å²) in [5.74, 6) is 0.0223. The molecular weight excluding hydrogens is 576 g/mol.